The van der Waals surface area contributed by atoms with Crippen molar-refractivity contribution in [3.63, 3.8) is 0 Å². The quantitative estimate of drug-likeness (QED) is 0.578. The molecule has 0 aliphatic carbocycles. The lowest BCUT2D eigenvalue weighted by Gasteiger charge is -2.13. The minimum Gasteiger partial charge on any atom is -0.338 e. The number of thioether (sulfide) groups is 1. The average molecular weight is 416 g/mol. The Hall–Kier alpha value is -2.65. The molecule has 3 rings (SSSR count). The predicted molar refractivity (Wildman–Crippen MR) is 111 cm³/mol. The number of imide groups is 1. The third-order valence-electron chi connectivity index (χ3n) is 3.87. The van der Waals surface area contributed by atoms with Crippen LogP contribution in [0.3, 0.4) is 0 Å². The third kappa shape index (κ3) is 4.99. The summed E-state index contributed by atoms with van der Waals surface area (Å²) in [6.45, 7) is 4.58. The van der Waals surface area contributed by atoms with Crippen molar-refractivity contribution in [1.29, 1.82) is 0 Å². The van der Waals surface area contributed by atoms with Crippen LogP contribution >= 0.6 is 23.1 Å². The maximum absolute atomic E-state index is 12.3. The van der Waals surface area contributed by atoms with Crippen molar-refractivity contribution in [3.05, 3.63) is 53.4 Å². The molecule has 0 fully saturated rings. The molecule has 0 aliphatic heterocycles. The van der Waals surface area contributed by atoms with Crippen molar-refractivity contribution in [2.75, 3.05) is 6.54 Å². The lowest BCUT2D eigenvalue weighted by atomic mass is 10.2. The maximum atomic E-state index is 12.3. The van der Waals surface area contributed by atoms with Crippen molar-refractivity contribution >= 4 is 35.0 Å². The van der Waals surface area contributed by atoms with E-state index in [0.29, 0.717) is 18.2 Å². The number of aromatic nitrogens is 3. The molecule has 9 heteroatoms. The van der Waals surface area contributed by atoms with Crippen LogP contribution in [-0.2, 0) is 11.3 Å². The van der Waals surface area contributed by atoms with Gasteiger partial charge in [-0.3, -0.25) is 14.7 Å². The predicted octanol–water partition coefficient (Wildman–Crippen LogP) is 3.38. The van der Waals surface area contributed by atoms with E-state index < -0.39 is 11.3 Å². The summed E-state index contributed by atoms with van der Waals surface area (Å²) in [5.41, 5.74) is 1.11. The molecule has 0 radical (unpaired) electrons. The highest BCUT2D eigenvalue weighted by Crippen LogP contribution is 2.30. The fourth-order valence-electron chi connectivity index (χ4n) is 2.50. The Bertz CT molecular complexity index is 925. The Labute approximate surface area is 171 Å². The van der Waals surface area contributed by atoms with Crippen molar-refractivity contribution in [2.45, 2.75) is 30.8 Å². The molecule has 2 N–H and O–H groups in total. The molecule has 7 nitrogen and oxygen atoms in total. The number of nitrogens with one attached hydrogen (secondary N) is 2. The van der Waals surface area contributed by atoms with Crippen molar-refractivity contribution in [3.8, 4) is 10.7 Å². The fraction of sp³-hybridized carbons (Fsp3) is 0.263. The highest BCUT2D eigenvalue weighted by molar-refractivity contribution is 8.00. The largest absolute Gasteiger partial charge is 0.338 e. The SMILES string of the molecule is CCNC(=O)NC(=O)[C@H](C)Sc1nnc(-c2cccs2)n1Cc1ccccc1. The Morgan fingerprint density at radius 3 is 2.64 bits per heavy atom. The number of nitrogens with zero attached hydrogens (tertiary/aromatic N) is 3. The number of urea groups is 1. The Morgan fingerprint density at radius 2 is 1.96 bits per heavy atom. The Morgan fingerprint density at radius 1 is 1.18 bits per heavy atom. The molecule has 2 aromatic heterocycles. The standard InChI is InChI=1S/C19H21N5O2S2/c1-3-20-18(26)21-17(25)13(2)28-19-23-22-16(15-10-7-11-27-15)24(19)12-14-8-5-4-6-9-14/h4-11,13H,3,12H2,1-2H3,(H2,20,21,25,26)/t13-/m0/s1. The number of hydrogen-bond acceptors (Lipinski definition) is 6. The zero-order valence-corrected chi connectivity index (χ0v) is 17.2. The first-order valence-corrected chi connectivity index (χ1v) is 10.6. The van der Waals surface area contributed by atoms with Crippen LogP contribution in [0.15, 0.2) is 53.0 Å². The molecule has 0 unspecified atom stereocenters. The van der Waals surface area contributed by atoms with Gasteiger partial charge in [-0.1, -0.05) is 48.2 Å². The van der Waals surface area contributed by atoms with E-state index in [2.05, 4.69) is 20.8 Å². The molecule has 1 atom stereocenters. The van der Waals surface area contributed by atoms with Gasteiger partial charge in [0.15, 0.2) is 11.0 Å². The maximum Gasteiger partial charge on any atom is 0.321 e. The molecule has 146 valence electrons. The molecule has 0 spiro atoms. The third-order valence-corrected chi connectivity index (χ3v) is 5.81. The van der Waals surface area contributed by atoms with Crippen LogP contribution < -0.4 is 10.6 Å². The zero-order chi connectivity index (χ0) is 19.9. The van der Waals surface area contributed by atoms with Crippen LogP contribution in [0, 0.1) is 0 Å². The summed E-state index contributed by atoms with van der Waals surface area (Å²) in [5.74, 6) is 0.389. The van der Waals surface area contributed by atoms with E-state index in [1.54, 1.807) is 25.2 Å². The van der Waals surface area contributed by atoms with Crippen LogP contribution in [0.2, 0.25) is 0 Å². The van der Waals surface area contributed by atoms with E-state index in [1.807, 2.05) is 52.4 Å². The van der Waals surface area contributed by atoms with Crippen LogP contribution in [-0.4, -0.2) is 38.5 Å². The number of benzene rings is 1. The first kappa shape index (κ1) is 20.1. The summed E-state index contributed by atoms with van der Waals surface area (Å²) < 4.78 is 2.00. The summed E-state index contributed by atoms with van der Waals surface area (Å²) >= 11 is 2.87. The van der Waals surface area contributed by atoms with Crippen LogP contribution in [0.1, 0.15) is 19.4 Å². The average Bonchev–Trinajstić information content (AvgIpc) is 3.33. The van der Waals surface area contributed by atoms with Crippen LogP contribution in [0.4, 0.5) is 4.79 Å². The normalized spacial score (nSPS) is 11.8. The van der Waals surface area contributed by atoms with Gasteiger partial charge in [0.25, 0.3) is 0 Å². The summed E-state index contributed by atoms with van der Waals surface area (Å²) in [6.07, 6.45) is 0. The van der Waals surface area contributed by atoms with E-state index >= 15 is 0 Å². The number of thiophene rings is 1. The molecular formula is C19H21N5O2S2. The summed E-state index contributed by atoms with van der Waals surface area (Å²) in [7, 11) is 0. The van der Waals surface area contributed by atoms with Crippen molar-refractivity contribution in [1.82, 2.24) is 25.4 Å². The van der Waals surface area contributed by atoms with Gasteiger partial charge in [0.1, 0.15) is 0 Å². The lowest BCUT2D eigenvalue weighted by molar-refractivity contribution is -0.119. The molecule has 28 heavy (non-hydrogen) atoms. The van der Waals surface area contributed by atoms with E-state index in [4.69, 9.17) is 0 Å². The number of carbonyl (C=O) groups excluding carboxylic acids is 2. The first-order valence-electron chi connectivity index (χ1n) is 8.84. The van der Waals surface area contributed by atoms with Gasteiger partial charge >= 0.3 is 6.03 Å². The molecule has 3 amide bonds. The molecule has 2 heterocycles. The van der Waals surface area contributed by atoms with Crippen molar-refractivity contribution < 1.29 is 9.59 Å². The molecule has 0 saturated carbocycles. The topological polar surface area (TPSA) is 88.9 Å². The van der Waals surface area contributed by atoms with Gasteiger partial charge in [0.05, 0.1) is 16.7 Å². The minimum atomic E-state index is -0.502. The first-order chi connectivity index (χ1) is 13.6. The van der Waals surface area contributed by atoms with Gasteiger partial charge in [-0.15, -0.1) is 21.5 Å². The fourth-order valence-corrected chi connectivity index (χ4v) is 4.07. The summed E-state index contributed by atoms with van der Waals surface area (Å²) in [5, 5.41) is 15.7. The number of rotatable bonds is 7. The number of hydrogen-bond donors (Lipinski definition) is 2. The van der Waals surface area contributed by atoms with Crippen LogP contribution in [0.25, 0.3) is 10.7 Å². The molecule has 0 saturated heterocycles. The monoisotopic (exact) mass is 415 g/mol. The lowest BCUT2D eigenvalue weighted by Crippen LogP contribution is -2.42. The minimum absolute atomic E-state index is 0.372. The van der Waals surface area contributed by atoms with Crippen molar-refractivity contribution in [2.24, 2.45) is 0 Å². The van der Waals surface area contributed by atoms with E-state index in [0.717, 1.165) is 16.3 Å². The van der Waals surface area contributed by atoms with Gasteiger partial charge in [0, 0.05) is 6.54 Å². The molecule has 1 aromatic carbocycles. The highest BCUT2D eigenvalue weighted by Gasteiger charge is 2.22. The van der Waals surface area contributed by atoms with E-state index in [1.165, 1.54) is 11.8 Å². The highest BCUT2D eigenvalue weighted by atomic mass is 32.2. The van der Waals surface area contributed by atoms with Gasteiger partial charge in [-0.05, 0) is 30.9 Å². The second kappa shape index (κ2) is 9.52. The zero-order valence-electron chi connectivity index (χ0n) is 15.6. The molecule has 3 aromatic rings. The number of amides is 3. The molecular weight excluding hydrogens is 394 g/mol. The van der Waals surface area contributed by atoms with Crippen LogP contribution in [0.5, 0.6) is 0 Å². The van der Waals surface area contributed by atoms with Gasteiger partial charge in [0.2, 0.25) is 5.91 Å². The molecule has 0 bridgehead atoms. The second-order valence-electron chi connectivity index (χ2n) is 5.96. The number of carbonyl (C=O) groups is 2. The Balaban J connectivity index is 1.82. The van der Waals surface area contributed by atoms with E-state index in [-0.39, 0.29) is 5.91 Å². The van der Waals surface area contributed by atoms with Gasteiger partial charge in [-0.2, -0.15) is 0 Å². The van der Waals surface area contributed by atoms with E-state index in [9.17, 15) is 9.59 Å². The van der Waals surface area contributed by atoms with Gasteiger partial charge in [-0.25, -0.2) is 4.79 Å². The summed E-state index contributed by atoms with van der Waals surface area (Å²) in [6, 6.07) is 13.5. The summed E-state index contributed by atoms with van der Waals surface area (Å²) in [4.78, 5) is 24.9. The smallest absolute Gasteiger partial charge is 0.321 e. The molecule has 0 aliphatic rings. The second-order valence-corrected chi connectivity index (χ2v) is 8.22. The van der Waals surface area contributed by atoms with Gasteiger partial charge < -0.3 is 5.32 Å². The Kier molecular flexibility index (Phi) is 6.83.